The van der Waals surface area contributed by atoms with E-state index in [-0.39, 0.29) is 0 Å². The Kier molecular flexibility index (Phi) is 6.20. The number of nitrogens with zero attached hydrogens (tertiary/aromatic N) is 4. The average Bonchev–Trinajstić information content (AvgIpc) is 3.19. The second-order valence-electron chi connectivity index (χ2n) is 8.67. The number of pyridine rings is 1. The van der Waals surface area contributed by atoms with Crippen LogP contribution >= 0.6 is 12.2 Å². The van der Waals surface area contributed by atoms with E-state index in [2.05, 4.69) is 71.9 Å². The van der Waals surface area contributed by atoms with Crippen molar-refractivity contribution in [3.63, 3.8) is 0 Å². The highest BCUT2D eigenvalue weighted by molar-refractivity contribution is 7.71. The predicted molar refractivity (Wildman–Crippen MR) is 134 cm³/mol. The fourth-order valence-electron chi connectivity index (χ4n) is 4.89. The maximum Gasteiger partial charge on any atom is 0.207 e. The van der Waals surface area contributed by atoms with Crippen molar-refractivity contribution in [2.45, 2.75) is 46.3 Å². The van der Waals surface area contributed by atoms with Gasteiger partial charge in [0.2, 0.25) is 4.77 Å². The van der Waals surface area contributed by atoms with Crippen LogP contribution in [0.25, 0.3) is 17.1 Å². The van der Waals surface area contributed by atoms with Crippen molar-refractivity contribution in [2.24, 2.45) is 0 Å². The lowest BCUT2D eigenvalue weighted by Gasteiger charge is -2.25. The first kappa shape index (κ1) is 21.7. The van der Waals surface area contributed by atoms with Crippen LogP contribution in [0.4, 0.5) is 0 Å². The van der Waals surface area contributed by atoms with Crippen molar-refractivity contribution >= 4 is 12.2 Å². The van der Waals surface area contributed by atoms with Gasteiger partial charge >= 0.3 is 0 Å². The molecule has 0 bridgehead atoms. The van der Waals surface area contributed by atoms with E-state index >= 15 is 0 Å². The zero-order chi connectivity index (χ0) is 22.8. The van der Waals surface area contributed by atoms with E-state index in [0.717, 1.165) is 55.2 Å². The lowest BCUT2D eigenvalue weighted by Crippen LogP contribution is -3.11. The minimum absolute atomic E-state index is 0.746. The molecule has 6 heteroatoms. The molecule has 1 atom stereocenters. The number of aromatic nitrogens is 4. The number of fused-ring (bicyclic) bond motifs is 1. The van der Waals surface area contributed by atoms with Gasteiger partial charge in [-0.3, -0.25) is 9.55 Å². The number of nitrogens with one attached hydrogen (secondary N) is 1. The molecule has 0 amide bonds. The molecule has 5 rings (SSSR count). The zero-order valence-electron chi connectivity index (χ0n) is 19.3. The van der Waals surface area contributed by atoms with E-state index in [1.54, 1.807) is 6.20 Å². The Bertz CT molecular complexity index is 1300. The van der Waals surface area contributed by atoms with E-state index in [9.17, 15) is 0 Å². The molecule has 1 aliphatic rings. The second kappa shape index (κ2) is 9.41. The standard InChI is InChI=1S/C27H29N5S/c1-3-20-11-7-12-21(4-2)25(20)32-26(23-13-8-15-28-17-23)29-31(27(32)33)19-30-16-14-22-9-5-6-10-24(22)18-30/h5-13,15,17H,3-4,14,16,18-19H2,1-2H3/p+1. The normalized spacial score (nSPS) is 15.4. The number of benzene rings is 2. The summed E-state index contributed by atoms with van der Waals surface area (Å²) in [5.74, 6) is 0.862. The summed E-state index contributed by atoms with van der Waals surface area (Å²) in [6, 6.07) is 19.3. The molecule has 5 nitrogen and oxygen atoms in total. The summed E-state index contributed by atoms with van der Waals surface area (Å²) >= 11 is 6.09. The number of hydrogen-bond donors (Lipinski definition) is 1. The van der Waals surface area contributed by atoms with Gasteiger partial charge in [0.1, 0.15) is 6.54 Å². The van der Waals surface area contributed by atoms with E-state index in [4.69, 9.17) is 17.3 Å². The molecule has 0 spiro atoms. The summed E-state index contributed by atoms with van der Waals surface area (Å²) in [6.45, 7) is 7.23. The first-order chi connectivity index (χ1) is 16.2. The quantitative estimate of drug-likeness (QED) is 0.442. The fraction of sp³-hybridized carbons (Fsp3) is 0.296. The first-order valence-electron chi connectivity index (χ1n) is 11.8. The van der Waals surface area contributed by atoms with Gasteiger partial charge in [0.25, 0.3) is 0 Å². The van der Waals surface area contributed by atoms with Crippen molar-refractivity contribution in [2.75, 3.05) is 6.54 Å². The van der Waals surface area contributed by atoms with E-state index in [1.807, 2.05) is 16.9 Å². The topological polar surface area (TPSA) is 40.1 Å². The smallest absolute Gasteiger partial charge is 0.207 e. The van der Waals surface area contributed by atoms with Crippen molar-refractivity contribution in [1.82, 2.24) is 19.3 Å². The van der Waals surface area contributed by atoms with Crippen LogP contribution in [0.3, 0.4) is 0 Å². The second-order valence-corrected chi connectivity index (χ2v) is 9.03. The van der Waals surface area contributed by atoms with Crippen LogP contribution in [0, 0.1) is 4.77 Å². The minimum Gasteiger partial charge on any atom is -0.312 e. The van der Waals surface area contributed by atoms with Gasteiger partial charge in [0.05, 0.1) is 12.2 Å². The van der Waals surface area contributed by atoms with Crippen LogP contribution in [0.2, 0.25) is 0 Å². The highest BCUT2D eigenvalue weighted by Crippen LogP contribution is 2.28. The Hall–Kier alpha value is -3.09. The number of quaternary nitrogens is 1. The Labute approximate surface area is 200 Å². The molecule has 2 aromatic carbocycles. The SMILES string of the molecule is CCc1cccc(CC)c1-n1c(-c2cccnc2)nn(C[NH+]2CCc3ccccc3C2)c1=S. The van der Waals surface area contributed by atoms with Crippen LogP contribution in [0.15, 0.2) is 67.0 Å². The maximum atomic E-state index is 6.09. The Morgan fingerprint density at radius 2 is 1.70 bits per heavy atom. The third-order valence-corrected chi connectivity index (χ3v) is 7.02. The molecular formula is C27H30N5S+. The van der Waals surface area contributed by atoms with Gasteiger partial charge in [-0.15, -0.1) is 5.10 Å². The van der Waals surface area contributed by atoms with E-state index < -0.39 is 0 Å². The lowest BCUT2D eigenvalue weighted by molar-refractivity contribution is -0.939. The summed E-state index contributed by atoms with van der Waals surface area (Å²) in [7, 11) is 0. The molecule has 1 unspecified atom stereocenters. The summed E-state index contributed by atoms with van der Waals surface area (Å²) in [6.07, 6.45) is 6.65. The molecule has 0 saturated heterocycles. The first-order valence-corrected chi connectivity index (χ1v) is 12.2. The molecule has 0 radical (unpaired) electrons. The van der Waals surface area contributed by atoms with Gasteiger partial charge < -0.3 is 4.90 Å². The monoisotopic (exact) mass is 456 g/mol. The lowest BCUT2D eigenvalue weighted by atomic mass is 10.0. The van der Waals surface area contributed by atoms with Gasteiger partial charge in [-0.1, -0.05) is 56.3 Å². The predicted octanol–water partition coefficient (Wildman–Crippen LogP) is 4.19. The van der Waals surface area contributed by atoms with Gasteiger partial charge in [0.15, 0.2) is 12.5 Å². The fourth-order valence-corrected chi connectivity index (χ4v) is 5.17. The number of aryl methyl sites for hydroxylation is 2. The molecule has 0 aliphatic carbocycles. The maximum absolute atomic E-state index is 6.09. The Morgan fingerprint density at radius 1 is 0.939 bits per heavy atom. The molecule has 4 aromatic rings. The Balaban J connectivity index is 1.61. The summed E-state index contributed by atoms with van der Waals surface area (Å²) in [5, 5.41) is 5.07. The average molecular weight is 457 g/mol. The van der Waals surface area contributed by atoms with Gasteiger partial charge in [-0.2, -0.15) is 4.68 Å². The van der Waals surface area contributed by atoms with Gasteiger partial charge in [-0.25, -0.2) is 0 Å². The van der Waals surface area contributed by atoms with Crippen molar-refractivity contribution in [3.05, 3.63) is 94.0 Å². The molecular weight excluding hydrogens is 426 g/mol. The van der Waals surface area contributed by atoms with Crippen molar-refractivity contribution in [3.8, 4) is 17.1 Å². The number of para-hydroxylation sites is 1. The molecule has 168 valence electrons. The van der Waals surface area contributed by atoms with Gasteiger partial charge in [-0.05, 0) is 53.9 Å². The summed E-state index contributed by atoms with van der Waals surface area (Å²) in [4.78, 5) is 5.84. The molecule has 0 saturated carbocycles. The third kappa shape index (κ3) is 4.16. The van der Waals surface area contributed by atoms with Crippen LogP contribution in [0.1, 0.15) is 36.1 Å². The molecule has 33 heavy (non-hydrogen) atoms. The number of rotatable bonds is 6. The summed E-state index contributed by atoms with van der Waals surface area (Å²) < 4.78 is 4.95. The van der Waals surface area contributed by atoms with Crippen LogP contribution in [0.5, 0.6) is 0 Å². The Morgan fingerprint density at radius 3 is 2.39 bits per heavy atom. The molecule has 1 aliphatic heterocycles. The molecule has 3 heterocycles. The van der Waals surface area contributed by atoms with Crippen molar-refractivity contribution < 1.29 is 4.90 Å². The highest BCUT2D eigenvalue weighted by atomic mass is 32.1. The van der Waals surface area contributed by atoms with Gasteiger partial charge in [0, 0.05) is 29.9 Å². The largest absolute Gasteiger partial charge is 0.312 e. The third-order valence-electron chi connectivity index (χ3n) is 6.63. The van der Waals surface area contributed by atoms with E-state index in [0.29, 0.717) is 0 Å². The zero-order valence-corrected chi connectivity index (χ0v) is 20.1. The minimum atomic E-state index is 0.746. The molecule has 1 N–H and O–H groups in total. The van der Waals surface area contributed by atoms with E-state index in [1.165, 1.54) is 32.8 Å². The van der Waals surface area contributed by atoms with Crippen LogP contribution in [-0.2, 0) is 32.5 Å². The van der Waals surface area contributed by atoms with Crippen LogP contribution in [-0.4, -0.2) is 25.9 Å². The van der Waals surface area contributed by atoms with Crippen molar-refractivity contribution in [1.29, 1.82) is 0 Å². The summed E-state index contributed by atoms with van der Waals surface area (Å²) in [5.41, 5.74) is 7.63. The molecule has 0 fully saturated rings. The highest BCUT2D eigenvalue weighted by Gasteiger charge is 2.23. The number of hydrogen-bond acceptors (Lipinski definition) is 3. The molecule has 2 aromatic heterocycles. The van der Waals surface area contributed by atoms with Crippen LogP contribution < -0.4 is 4.90 Å².